The molecule has 2 fully saturated rings. The van der Waals surface area contributed by atoms with Gasteiger partial charge in [0.1, 0.15) is 0 Å². The number of nitrogens with one attached hydrogen (secondary N) is 1. The van der Waals surface area contributed by atoms with E-state index in [4.69, 9.17) is 11.6 Å². The topological polar surface area (TPSA) is 49.4 Å². The molecule has 2 atom stereocenters. The molecule has 2 aromatic carbocycles. The summed E-state index contributed by atoms with van der Waals surface area (Å²) in [6.07, 6.45) is 5.41. The summed E-state index contributed by atoms with van der Waals surface area (Å²) in [4.78, 5) is 2.60. The van der Waals surface area contributed by atoms with Crippen molar-refractivity contribution in [2.24, 2.45) is 5.92 Å². The van der Waals surface area contributed by atoms with Gasteiger partial charge in [-0.25, -0.2) is 13.1 Å². The zero-order chi connectivity index (χ0) is 20.7. The Balaban J connectivity index is 1.36. The number of hydrogen-bond acceptors (Lipinski definition) is 3. The van der Waals surface area contributed by atoms with E-state index in [1.807, 2.05) is 12.1 Å². The second-order valence-corrected chi connectivity index (χ2v) is 11.5. The van der Waals surface area contributed by atoms with E-state index in [1.165, 1.54) is 36.2 Å². The van der Waals surface area contributed by atoms with Gasteiger partial charge in [-0.15, -0.1) is 0 Å². The molecule has 1 aliphatic heterocycles. The highest BCUT2D eigenvalue weighted by molar-refractivity contribution is 7.89. The highest BCUT2D eigenvalue weighted by Gasteiger charge is 2.38. The SMILES string of the molecule is O=S(=O)(CC1CC1)NCc1ccc2c(c1)C(Cc1cccc(Cl)c1)C(N1CCC1)C2. The maximum absolute atomic E-state index is 12.3. The summed E-state index contributed by atoms with van der Waals surface area (Å²) in [5, 5.41) is 0.782. The molecule has 1 N–H and O–H groups in total. The van der Waals surface area contributed by atoms with E-state index in [0.29, 0.717) is 24.4 Å². The van der Waals surface area contributed by atoms with Crippen molar-refractivity contribution in [3.63, 3.8) is 0 Å². The molecule has 1 saturated carbocycles. The molecule has 0 amide bonds. The van der Waals surface area contributed by atoms with Crippen molar-refractivity contribution >= 4 is 21.6 Å². The Morgan fingerprint density at radius 2 is 1.90 bits per heavy atom. The highest BCUT2D eigenvalue weighted by Crippen LogP contribution is 2.41. The smallest absolute Gasteiger partial charge is 0.212 e. The Morgan fingerprint density at radius 3 is 2.60 bits per heavy atom. The molecule has 5 rings (SSSR count). The molecule has 0 radical (unpaired) electrons. The molecule has 2 unspecified atom stereocenters. The Kier molecular flexibility index (Phi) is 5.65. The largest absolute Gasteiger partial charge is 0.299 e. The summed E-state index contributed by atoms with van der Waals surface area (Å²) < 4.78 is 27.4. The minimum Gasteiger partial charge on any atom is -0.299 e. The van der Waals surface area contributed by atoms with Crippen LogP contribution in [0.5, 0.6) is 0 Å². The molecular weight excluding hydrogens is 416 g/mol. The Morgan fingerprint density at radius 1 is 1.07 bits per heavy atom. The Labute approximate surface area is 184 Å². The molecule has 160 valence electrons. The van der Waals surface area contributed by atoms with Crippen LogP contribution in [-0.2, 0) is 29.4 Å². The van der Waals surface area contributed by atoms with Crippen molar-refractivity contribution in [3.05, 3.63) is 69.7 Å². The summed E-state index contributed by atoms with van der Waals surface area (Å²) in [6, 6.07) is 15.2. The summed E-state index contributed by atoms with van der Waals surface area (Å²) in [7, 11) is -3.19. The lowest BCUT2D eigenvalue weighted by molar-refractivity contribution is 0.106. The fourth-order valence-corrected chi connectivity index (χ4v) is 6.60. The normalized spacial score (nSPS) is 23.9. The van der Waals surface area contributed by atoms with E-state index >= 15 is 0 Å². The number of sulfonamides is 1. The third kappa shape index (κ3) is 4.59. The van der Waals surface area contributed by atoms with Crippen LogP contribution in [0.4, 0.5) is 0 Å². The minimum absolute atomic E-state index is 0.270. The monoisotopic (exact) mass is 444 g/mol. The average molecular weight is 445 g/mol. The van der Waals surface area contributed by atoms with Gasteiger partial charge in [-0.2, -0.15) is 0 Å². The first kappa shape index (κ1) is 20.5. The van der Waals surface area contributed by atoms with Gasteiger partial charge in [0.15, 0.2) is 0 Å². The van der Waals surface area contributed by atoms with E-state index in [-0.39, 0.29) is 5.75 Å². The third-order valence-corrected chi connectivity index (χ3v) is 8.59. The fourth-order valence-electron chi connectivity index (χ4n) is 4.93. The number of hydrogen-bond donors (Lipinski definition) is 1. The maximum atomic E-state index is 12.3. The van der Waals surface area contributed by atoms with Gasteiger partial charge in [-0.3, -0.25) is 4.90 Å². The van der Waals surface area contributed by atoms with Crippen LogP contribution >= 0.6 is 11.6 Å². The Bertz CT molecular complexity index is 1030. The first-order chi connectivity index (χ1) is 14.5. The number of halogens is 1. The second-order valence-electron chi connectivity index (χ2n) is 9.18. The van der Waals surface area contributed by atoms with E-state index in [9.17, 15) is 8.42 Å². The van der Waals surface area contributed by atoms with Gasteiger partial charge in [0.05, 0.1) is 5.75 Å². The van der Waals surface area contributed by atoms with Crippen LogP contribution in [0.3, 0.4) is 0 Å². The van der Waals surface area contributed by atoms with Crippen LogP contribution < -0.4 is 4.72 Å². The molecule has 0 spiro atoms. The van der Waals surface area contributed by atoms with Crippen molar-refractivity contribution in [1.82, 2.24) is 9.62 Å². The van der Waals surface area contributed by atoms with E-state index in [0.717, 1.165) is 36.3 Å². The van der Waals surface area contributed by atoms with Gasteiger partial charge in [0.2, 0.25) is 10.0 Å². The van der Waals surface area contributed by atoms with Gasteiger partial charge in [-0.05, 0) is 85.5 Å². The minimum atomic E-state index is -3.19. The molecular formula is C24H29ClN2O2S. The average Bonchev–Trinajstić information content (AvgIpc) is 3.40. The molecule has 2 aromatic rings. The Hall–Kier alpha value is -1.40. The zero-order valence-electron chi connectivity index (χ0n) is 17.2. The molecule has 0 bridgehead atoms. The predicted octanol–water partition coefficient (Wildman–Crippen LogP) is 4.13. The van der Waals surface area contributed by atoms with Crippen molar-refractivity contribution in [2.75, 3.05) is 18.8 Å². The first-order valence-corrected chi connectivity index (χ1v) is 13.1. The third-order valence-electron chi connectivity index (χ3n) is 6.86. The molecule has 1 saturated heterocycles. The van der Waals surface area contributed by atoms with Crippen LogP contribution in [-0.4, -0.2) is 38.2 Å². The summed E-state index contributed by atoms with van der Waals surface area (Å²) in [5.41, 5.74) is 5.10. The number of rotatable bonds is 8. The van der Waals surface area contributed by atoms with Crippen LogP contribution in [0.1, 0.15) is 47.4 Å². The lowest BCUT2D eigenvalue weighted by Gasteiger charge is -2.39. The van der Waals surface area contributed by atoms with Crippen LogP contribution in [0.25, 0.3) is 0 Å². The lowest BCUT2D eigenvalue weighted by Crippen LogP contribution is -2.47. The maximum Gasteiger partial charge on any atom is 0.212 e. The van der Waals surface area contributed by atoms with Crippen LogP contribution in [0.15, 0.2) is 42.5 Å². The van der Waals surface area contributed by atoms with Gasteiger partial charge < -0.3 is 0 Å². The molecule has 1 heterocycles. The number of nitrogens with zero attached hydrogens (tertiary/aromatic N) is 1. The number of benzene rings is 2. The van der Waals surface area contributed by atoms with Crippen LogP contribution in [0, 0.1) is 5.92 Å². The van der Waals surface area contributed by atoms with Gasteiger partial charge >= 0.3 is 0 Å². The standard InChI is InChI=1S/C24H29ClN2O2S/c25-21-4-1-3-18(11-21)12-23-22-13-19(15-26-30(28,29)16-17-5-6-17)7-8-20(22)14-24(23)27-9-2-10-27/h1,3-4,7-8,11,13,17,23-24,26H,2,5-6,9-10,12,14-16H2. The predicted molar refractivity (Wildman–Crippen MR) is 121 cm³/mol. The molecule has 3 aliphatic rings. The summed E-state index contributed by atoms with van der Waals surface area (Å²) >= 11 is 6.24. The van der Waals surface area contributed by atoms with E-state index in [2.05, 4.69) is 40.0 Å². The molecule has 30 heavy (non-hydrogen) atoms. The number of fused-ring (bicyclic) bond motifs is 1. The molecule has 6 heteroatoms. The molecule has 2 aliphatic carbocycles. The molecule has 4 nitrogen and oxygen atoms in total. The summed E-state index contributed by atoms with van der Waals surface area (Å²) in [5.74, 6) is 1.05. The van der Waals surface area contributed by atoms with Gasteiger partial charge in [0.25, 0.3) is 0 Å². The van der Waals surface area contributed by atoms with E-state index in [1.54, 1.807) is 0 Å². The molecule has 0 aromatic heterocycles. The van der Waals surface area contributed by atoms with Crippen molar-refractivity contribution in [2.45, 2.75) is 50.6 Å². The zero-order valence-corrected chi connectivity index (χ0v) is 18.8. The van der Waals surface area contributed by atoms with Gasteiger partial charge in [-0.1, -0.05) is 41.9 Å². The van der Waals surface area contributed by atoms with Crippen molar-refractivity contribution in [1.29, 1.82) is 0 Å². The number of likely N-dealkylation sites (tertiary alicyclic amines) is 1. The van der Waals surface area contributed by atoms with Crippen LogP contribution in [0.2, 0.25) is 5.02 Å². The van der Waals surface area contributed by atoms with Gasteiger partial charge in [0, 0.05) is 23.5 Å². The van der Waals surface area contributed by atoms with Crippen molar-refractivity contribution in [3.8, 4) is 0 Å². The second kappa shape index (κ2) is 8.27. The fraction of sp³-hybridized carbons (Fsp3) is 0.500. The van der Waals surface area contributed by atoms with Crippen molar-refractivity contribution < 1.29 is 8.42 Å². The first-order valence-electron chi connectivity index (χ1n) is 11.0. The lowest BCUT2D eigenvalue weighted by atomic mass is 9.88. The van der Waals surface area contributed by atoms with E-state index < -0.39 is 10.0 Å². The highest BCUT2D eigenvalue weighted by atomic mass is 35.5. The summed E-state index contributed by atoms with van der Waals surface area (Å²) in [6.45, 7) is 2.73. The quantitative estimate of drug-likeness (QED) is 0.666.